The lowest BCUT2D eigenvalue weighted by atomic mass is 10.1. The van der Waals surface area contributed by atoms with Crippen LogP contribution in [-0.4, -0.2) is 19.2 Å². The molecule has 1 saturated carbocycles. The Balaban J connectivity index is 1.68. The smallest absolute Gasteiger partial charge is 0.104 e. The van der Waals surface area contributed by atoms with Crippen LogP contribution in [0.25, 0.3) is 0 Å². The summed E-state index contributed by atoms with van der Waals surface area (Å²) in [5.74, 6) is 0.834. The van der Waals surface area contributed by atoms with E-state index in [1.54, 1.807) is 0 Å². The Morgan fingerprint density at radius 3 is 2.94 bits per heavy atom. The highest BCUT2D eigenvalue weighted by Gasteiger charge is 2.36. The molecule has 2 nitrogen and oxygen atoms in total. The minimum Gasteiger partial charge on any atom is -0.367 e. The molecule has 2 fully saturated rings. The summed E-state index contributed by atoms with van der Waals surface area (Å²) in [6.07, 6.45) is 4.63. The number of hydrogen-bond acceptors (Lipinski definition) is 3. The monoisotopic (exact) mass is 237 g/mol. The van der Waals surface area contributed by atoms with Gasteiger partial charge in [0, 0.05) is 22.8 Å². The van der Waals surface area contributed by atoms with Gasteiger partial charge in [-0.25, -0.2) is 0 Å². The lowest BCUT2D eigenvalue weighted by Gasteiger charge is -2.30. The fourth-order valence-corrected chi connectivity index (χ4v) is 3.32. The van der Waals surface area contributed by atoms with Gasteiger partial charge in [0.25, 0.3) is 0 Å². The van der Waals surface area contributed by atoms with Gasteiger partial charge in [-0.3, -0.25) is 0 Å². The molecule has 1 N–H and O–H groups in total. The fourth-order valence-electron chi connectivity index (χ4n) is 2.33. The highest BCUT2D eigenvalue weighted by Crippen LogP contribution is 2.38. The molecule has 0 amide bonds. The van der Waals surface area contributed by atoms with Gasteiger partial charge in [-0.15, -0.1) is 11.3 Å². The molecule has 88 valence electrons. The van der Waals surface area contributed by atoms with Crippen molar-refractivity contribution in [2.75, 3.05) is 13.1 Å². The maximum atomic E-state index is 6.20. The van der Waals surface area contributed by atoms with Crippen molar-refractivity contribution in [3.05, 3.63) is 21.9 Å². The quantitative estimate of drug-likeness (QED) is 0.873. The van der Waals surface area contributed by atoms with E-state index in [2.05, 4.69) is 24.4 Å². The average Bonchev–Trinajstić information content (AvgIpc) is 3.07. The van der Waals surface area contributed by atoms with Crippen LogP contribution in [0, 0.1) is 5.92 Å². The first-order valence-corrected chi connectivity index (χ1v) is 7.13. The number of ether oxygens (including phenoxy) is 1. The first kappa shape index (κ1) is 10.8. The van der Waals surface area contributed by atoms with Gasteiger partial charge in [-0.05, 0) is 37.3 Å². The van der Waals surface area contributed by atoms with Crippen molar-refractivity contribution in [2.45, 2.75) is 38.4 Å². The number of rotatable bonds is 3. The summed E-state index contributed by atoms with van der Waals surface area (Å²) in [6.45, 7) is 4.24. The van der Waals surface area contributed by atoms with Gasteiger partial charge in [0.15, 0.2) is 0 Å². The van der Waals surface area contributed by atoms with Crippen molar-refractivity contribution in [3.8, 4) is 0 Å². The zero-order valence-corrected chi connectivity index (χ0v) is 10.6. The van der Waals surface area contributed by atoms with E-state index in [9.17, 15) is 0 Å². The van der Waals surface area contributed by atoms with E-state index < -0.39 is 0 Å². The number of aryl methyl sites for hydroxylation is 1. The zero-order valence-electron chi connectivity index (χ0n) is 9.74. The lowest BCUT2D eigenvalue weighted by molar-refractivity contribution is -0.0476. The van der Waals surface area contributed by atoms with Crippen LogP contribution in [0.3, 0.4) is 0 Å². The van der Waals surface area contributed by atoms with E-state index in [0.29, 0.717) is 12.2 Å². The fraction of sp³-hybridized carbons (Fsp3) is 0.692. The van der Waals surface area contributed by atoms with Crippen molar-refractivity contribution in [1.29, 1.82) is 0 Å². The van der Waals surface area contributed by atoms with Crippen molar-refractivity contribution >= 4 is 11.3 Å². The molecule has 1 aliphatic carbocycles. The standard InChI is InChI=1S/C13H19NOS/c1-2-10-5-6-13(16-10)12-8-14-7-11(15-12)9-3-4-9/h5-6,9,11-12,14H,2-4,7-8H2,1H3. The summed E-state index contributed by atoms with van der Waals surface area (Å²) in [5, 5.41) is 3.51. The molecular formula is C13H19NOS. The summed E-state index contributed by atoms with van der Waals surface area (Å²) in [6, 6.07) is 4.48. The van der Waals surface area contributed by atoms with Crippen molar-refractivity contribution < 1.29 is 4.74 Å². The SMILES string of the molecule is CCc1ccc(C2CNCC(C3CC3)O2)s1. The van der Waals surface area contributed by atoms with Crippen LogP contribution in [0.5, 0.6) is 0 Å². The van der Waals surface area contributed by atoms with Gasteiger partial charge in [0.05, 0.1) is 6.10 Å². The molecule has 16 heavy (non-hydrogen) atoms. The van der Waals surface area contributed by atoms with Gasteiger partial charge in [-0.2, -0.15) is 0 Å². The third-order valence-corrected chi connectivity index (χ3v) is 4.83. The molecule has 3 heteroatoms. The van der Waals surface area contributed by atoms with Crippen LogP contribution in [0.4, 0.5) is 0 Å². The molecule has 0 spiro atoms. The van der Waals surface area contributed by atoms with Crippen molar-refractivity contribution in [2.24, 2.45) is 5.92 Å². The highest BCUT2D eigenvalue weighted by molar-refractivity contribution is 7.12. The molecule has 0 bridgehead atoms. The Morgan fingerprint density at radius 2 is 2.25 bits per heavy atom. The second kappa shape index (κ2) is 4.47. The van der Waals surface area contributed by atoms with Crippen LogP contribution in [0.2, 0.25) is 0 Å². The summed E-state index contributed by atoms with van der Waals surface area (Å²) < 4.78 is 6.20. The van der Waals surface area contributed by atoms with E-state index in [-0.39, 0.29) is 0 Å². The molecule has 3 rings (SSSR count). The summed E-state index contributed by atoms with van der Waals surface area (Å²) in [7, 11) is 0. The van der Waals surface area contributed by atoms with Gasteiger partial charge >= 0.3 is 0 Å². The van der Waals surface area contributed by atoms with Crippen LogP contribution in [-0.2, 0) is 11.2 Å². The molecule has 2 unspecified atom stereocenters. The van der Waals surface area contributed by atoms with Gasteiger partial charge < -0.3 is 10.1 Å². The zero-order chi connectivity index (χ0) is 11.0. The molecule has 2 heterocycles. The van der Waals surface area contributed by atoms with E-state index >= 15 is 0 Å². The molecular weight excluding hydrogens is 218 g/mol. The van der Waals surface area contributed by atoms with Crippen molar-refractivity contribution in [1.82, 2.24) is 5.32 Å². The Kier molecular flexibility index (Phi) is 3.01. The summed E-state index contributed by atoms with van der Waals surface area (Å²) >= 11 is 1.91. The number of morpholine rings is 1. The number of thiophene rings is 1. The summed E-state index contributed by atoms with van der Waals surface area (Å²) in [4.78, 5) is 2.86. The van der Waals surface area contributed by atoms with Gasteiger partial charge in [0.2, 0.25) is 0 Å². The second-order valence-electron chi connectivity index (χ2n) is 4.82. The minimum absolute atomic E-state index is 0.296. The number of hydrogen-bond donors (Lipinski definition) is 1. The van der Waals surface area contributed by atoms with Crippen LogP contribution >= 0.6 is 11.3 Å². The molecule has 0 aromatic carbocycles. The van der Waals surface area contributed by atoms with Crippen LogP contribution in [0.15, 0.2) is 12.1 Å². The van der Waals surface area contributed by atoms with Crippen molar-refractivity contribution in [3.63, 3.8) is 0 Å². The molecule has 1 aliphatic heterocycles. The van der Waals surface area contributed by atoms with Crippen LogP contribution in [0.1, 0.15) is 35.6 Å². The third kappa shape index (κ3) is 2.17. The second-order valence-corrected chi connectivity index (χ2v) is 6.02. The largest absolute Gasteiger partial charge is 0.367 e. The molecule has 1 saturated heterocycles. The summed E-state index contributed by atoms with van der Waals surface area (Å²) in [5.41, 5.74) is 0. The first-order valence-electron chi connectivity index (χ1n) is 6.31. The predicted octanol–water partition coefficient (Wildman–Crippen LogP) is 2.75. The minimum atomic E-state index is 0.296. The first-order chi connectivity index (χ1) is 7.86. The molecule has 1 aromatic rings. The van der Waals surface area contributed by atoms with E-state index in [1.165, 1.54) is 22.6 Å². The average molecular weight is 237 g/mol. The highest BCUT2D eigenvalue weighted by atomic mass is 32.1. The topological polar surface area (TPSA) is 21.3 Å². The third-order valence-electron chi connectivity index (χ3n) is 3.51. The van der Waals surface area contributed by atoms with E-state index in [4.69, 9.17) is 4.74 Å². The maximum Gasteiger partial charge on any atom is 0.104 e. The Labute approximate surface area is 101 Å². The molecule has 2 atom stereocenters. The Morgan fingerprint density at radius 1 is 1.38 bits per heavy atom. The van der Waals surface area contributed by atoms with Crippen LogP contribution < -0.4 is 5.32 Å². The normalized spacial score (nSPS) is 30.6. The molecule has 1 aromatic heterocycles. The van der Waals surface area contributed by atoms with Gasteiger partial charge in [-0.1, -0.05) is 6.92 Å². The number of nitrogens with one attached hydrogen (secondary N) is 1. The molecule has 0 radical (unpaired) electrons. The Bertz CT molecular complexity index is 359. The molecule has 2 aliphatic rings. The van der Waals surface area contributed by atoms with Gasteiger partial charge in [0.1, 0.15) is 6.10 Å². The Hall–Kier alpha value is -0.380. The van der Waals surface area contributed by atoms with E-state index in [1.807, 2.05) is 11.3 Å². The predicted molar refractivity (Wildman–Crippen MR) is 66.9 cm³/mol. The maximum absolute atomic E-state index is 6.20. The lowest BCUT2D eigenvalue weighted by Crippen LogP contribution is -2.41. The van der Waals surface area contributed by atoms with E-state index in [0.717, 1.165) is 25.4 Å².